The monoisotopic (exact) mass is 548 g/mol. The summed E-state index contributed by atoms with van der Waals surface area (Å²) < 4.78 is 72.2. The van der Waals surface area contributed by atoms with Gasteiger partial charge in [-0.05, 0) is 54.4 Å². The van der Waals surface area contributed by atoms with Crippen molar-refractivity contribution in [2.45, 2.75) is 30.5 Å². The molecule has 8 nitrogen and oxygen atoms in total. The molecule has 0 amide bonds. The van der Waals surface area contributed by atoms with E-state index in [1.165, 1.54) is 12.1 Å². The lowest BCUT2D eigenvalue weighted by Gasteiger charge is -2.15. The van der Waals surface area contributed by atoms with Gasteiger partial charge in [0.1, 0.15) is 12.4 Å². The lowest BCUT2D eigenvalue weighted by molar-refractivity contribution is -0.137. The number of aliphatic hydroxyl groups excluding tert-OH is 1. The molecule has 0 saturated heterocycles. The maximum atomic E-state index is 13.0. The molecule has 0 aliphatic rings. The molecule has 0 fully saturated rings. The Morgan fingerprint density at radius 2 is 1.87 bits per heavy atom. The molecular formula is C26H27F3N4O4S. The Kier molecular flexibility index (Phi) is 8.24. The summed E-state index contributed by atoms with van der Waals surface area (Å²) in [5, 5.41) is 21.9. The number of aromatic nitrogens is 2. The summed E-state index contributed by atoms with van der Waals surface area (Å²) in [4.78, 5) is -0.516. The first-order valence-electron chi connectivity index (χ1n) is 11.9. The molecule has 1 unspecified atom stereocenters. The fraction of sp³-hybridized carbons (Fsp3) is 0.269. The van der Waals surface area contributed by atoms with Crippen molar-refractivity contribution >= 4 is 26.6 Å². The molecule has 0 aliphatic heterocycles. The van der Waals surface area contributed by atoms with Gasteiger partial charge in [0.2, 0.25) is 0 Å². The number of aryl methyl sites for hydroxylation is 1. The molecule has 0 radical (unpaired) electrons. The third kappa shape index (κ3) is 6.63. The van der Waals surface area contributed by atoms with Gasteiger partial charge in [0.05, 0.1) is 27.8 Å². The summed E-state index contributed by atoms with van der Waals surface area (Å²) in [5.41, 5.74) is 1.37. The van der Waals surface area contributed by atoms with Crippen LogP contribution in [0, 0.1) is 0 Å². The molecule has 3 aromatic carbocycles. The fourth-order valence-corrected chi connectivity index (χ4v) is 4.97. The van der Waals surface area contributed by atoms with E-state index >= 15 is 0 Å². The van der Waals surface area contributed by atoms with Crippen LogP contribution in [-0.4, -0.2) is 43.4 Å². The fourth-order valence-electron chi connectivity index (χ4n) is 3.88. The number of ether oxygens (including phenoxy) is 1. The second kappa shape index (κ2) is 11.4. The molecule has 0 aliphatic carbocycles. The maximum absolute atomic E-state index is 13.0. The molecule has 0 bridgehead atoms. The highest BCUT2D eigenvalue weighted by Gasteiger charge is 2.31. The van der Waals surface area contributed by atoms with Crippen LogP contribution in [0.5, 0.6) is 5.75 Å². The Morgan fingerprint density at radius 1 is 1.08 bits per heavy atom. The lowest BCUT2D eigenvalue weighted by Crippen LogP contribution is -2.26. The minimum Gasteiger partial charge on any atom is -0.492 e. The average Bonchev–Trinajstić information content (AvgIpc) is 3.30. The molecule has 4 aromatic rings. The summed E-state index contributed by atoms with van der Waals surface area (Å²) in [6.45, 7) is 3.01. The number of benzene rings is 3. The molecule has 12 heteroatoms. The number of halogens is 3. The number of nitrogens with zero attached hydrogens (tertiary/aromatic N) is 1. The second-order valence-corrected chi connectivity index (χ2v) is 10.2. The zero-order valence-electron chi connectivity index (χ0n) is 20.4. The molecule has 1 atom stereocenters. The number of alkyl halides is 3. The van der Waals surface area contributed by atoms with Crippen molar-refractivity contribution in [2.75, 3.05) is 24.4 Å². The Balaban J connectivity index is 1.29. The molecule has 1 aromatic heterocycles. The van der Waals surface area contributed by atoms with E-state index in [9.17, 15) is 26.7 Å². The van der Waals surface area contributed by atoms with Gasteiger partial charge < -0.3 is 15.2 Å². The molecule has 0 saturated carbocycles. The Bertz CT molecular complexity index is 1510. The molecule has 0 spiro atoms. The smallest absolute Gasteiger partial charge is 0.416 e. The number of hydrogen-bond acceptors (Lipinski definition) is 6. The number of aliphatic hydroxyl groups is 1. The van der Waals surface area contributed by atoms with Gasteiger partial charge in [-0.2, -0.15) is 18.3 Å². The van der Waals surface area contributed by atoms with Crippen molar-refractivity contribution in [2.24, 2.45) is 0 Å². The van der Waals surface area contributed by atoms with Crippen molar-refractivity contribution in [3.8, 4) is 5.75 Å². The van der Waals surface area contributed by atoms with Crippen LogP contribution in [0.2, 0.25) is 0 Å². The predicted octanol–water partition coefficient (Wildman–Crippen LogP) is 4.65. The van der Waals surface area contributed by atoms with E-state index in [-0.39, 0.29) is 12.2 Å². The van der Waals surface area contributed by atoms with E-state index in [1.54, 1.807) is 12.1 Å². The molecule has 202 valence electrons. The molecule has 1 heterocycles. The van der Waals surface area contributed by atoms with E-state index in [4.69, 9.17) is 4.74 Å². The van der Waals surface area contributed by atoms with Crippen LogP contribution in [0.3, 0.4) is 0 Å². The van der Waals surface area contributed by atoms with Crippen molar-refractivity contribution in [3.63, 3.8) is 0 Å². The maximum Gasteiger partial charge on any atom is 0.416 e. The molecular weight excluding hydrogens is 521 g/mol. The molecule has 38 heavy (non-hydrogen) atoms. The highest BCUT2D eigenvalue weighted by atomic mass is 32.2. The molecule has 4 N–H and O–H groups in total. The van der Waals surface area contributed by atoms with Crippen molar-refractivity contribution in [3.05, 3.63) is 83.6 Å². The summed E-state index contributed by atoms with van der Waals surface area (Å²) in [6.07, 6.45) is -4.79. The first-order valence-corrected chi connectivity index (χ1v) is 13.3. The summed E-state index contributed by atoms with van der Waals surface area (Å²) in [6, 6.07) is 15.2. The highest BCUT2D eigenvalue weighted by Crippen LogP contribution is 2.31. The van der Waals surface area contributed by atoms with Gasteiger partial charge in [-0.15, -0.1) is 0 Å². The van der Waals surface area contributed by atoms with Gasteiger partial charge in [0, 0.05) is 30.2 Å². The minimum atomic E-state index is -4.67. The van der Waals surface area contributed by atoms with E-state index in [2.05, 4.69) is 20.2 Å². The van der Waals surface area contributed by atoms with Crippen LogP contribution in [0.25, 0.3) is 10.9 Å². The van der Waals surface area contributed by atoms with Crippen LogP contribution in [-0.2, 0) is 22.6 Å². The largest absolute Gasteiger partial charge is 0.492 e. The Labute approximate surface area is 217 Å². The van der Waals surface area contributed by atoms with E-state index in [1.807, 2.05) is 25.1 Å². The van der Waals surface area contributed by atoms with E-state index in [0.717, 1.165) is 41.2 Å². The second-order valence-electron chi connectivity index (χ2n) is 8.56. The van der Waals surface area contributed by atoms with Crippen molar-refractivity contribution in [1.82, 2.24) is 15.5 Å². The number of aromatic amines is 1. The van der Waals surface area contributed by atoms with E-state index in [0.29, 0.717) is 30.5 Å². The van der Waals surface area contributed by atoms with Gasteiger partial charge in [-0.3, -0.25) is 9.82 Å². The zero-order valence-corrected chi connectivity index (χ0v) is 21.2. The lowest BCUT2D eigenvalue weighted by atomic mass is 10.1. The topological polar surface area (TPSA) is 116 Å². The van der Waals surface area contributed by atoms with Gasteiger partial charge in [0.25, 0.3) is 10.0 Å². The number of H-pyrrole nitrogens is 1. The van der Waals surface area contributed by atoms with Crippen LogP contribution < -0.4 is 14.8 Å². The standard InChI is InChI=1S/C26H27F3N4O4S/c1-2-23-22-10-9-20(15-24(22)32-31-23)37-12-11-30-16-25(34)17-5-3-7-19(13-17)33-38(35,36)21-8-4-6-18(14-21)26(27,28)29/h3-10,13-15,25,30,33-34H,2,11-12,16H2,1H3,(H,31,32). The third-order valence-electron chi connectivity index (χ3n) is 5.83. The van der Waals surface area contributed by atoms with Crippen LogP contribution >= 0.6 is 0 Å². The number of rotatable bonds is 11. The Hall–Kier alpha value is -3.61. The number of nitrogens with one attached hydrogen (secondary N) is 3. The highest BCUT2D eigenvalue weighted by molar-refractivity contribution is 7.92. The SMILES string of the molecule is CCc1n[nH]c2cc(OCCNCC(O)c3cccc(NS(=O)(=O)c4cccc(C(F)(F)F)c4)c3)ccc12. The normalized spacial score (nSPS) is 13.0. The summed E-state index contributed by atoms with van der Waals surface area (Å²) >= 11 is 0. The first kappa shape index (κ1) is 27.4. The van der Waals surface area contributed by atoms with Crippen LogP contribution in [0.4, 0.5) is 18.9 Å². The first-order chi connectivity index (χ1) is 18.1. The number of fused-ring (bicyclic) bond motifs is 1. The van der Waals surface area contributed by atoms with Gasteiger partial charge in [-0.1, -0.05) is 25.1 Å². The van der Waals surface area contributed by atoms with Gasteiger partial charge >= 0.3 is 6.18 Å². The van der Waals surface area contributed by atoms with Crippen LogP contribution in [0.1, 0.15) is 29.8 Å². The van der Waals surface area contributed by atoms with Crippen molar-refractivity contribution in [1.29, 1.82) is 0 Å². The summed E-state index contributed by atoms with van der Waals surface area (Å²) in [5.74, 6) is 0.687. The average molecular weight is 549 g/mol. The van der Waals surface area contributed by atoms with Crippen molar-refractivity contribution < 1.29 is 31.4 Å². The number of hydrogen-bond donors (Lipinski definition) is 4. The zero-order chi connectivity index (χ0) is 27.3. The third-order valence-corrected chi connectivity index (χ3v) is 7.21. The van der Waals surface area contributed by atoms with Gasteiger partial charge in [-0.25, -0.2) is 8.42 Å². The van der Waals surface area contributed by atoms with Crippen LogP contribution in [0.15, 0.2) is 71.6 Å². The Morgan fingerprint density at radius 3 is 2.63 bits per heavy atom. The van der Waals surface area contributed by atoms with Gasteiger partial charge in [0.15, 0.2) is 0 Å². The van der Waals surface area contributed by atoms with E-state index < -0.39 is 32.8 Å². The quantitative estimate of drug-likeness (QED) is 0.203. The summed E-state index contributed by atoms with van der Waals surface area (Å²) in [7, 11) is -4.27. The minimum absolute atomic E-state index is 0.114. The molecule has 4 rings (SSSR count). The predicted molar refractivity (Wildman–Crippen MR) is 137 cm³/mol. The number of anilines is 1. The number of sulfonamides is 1.